The second-order valence-electron chi connectivity index (χ2n) is 4.32. The van der Waals surface area contributed by atoms with Gasteiger partial charge in [0.25, 0.3) is 0 Å². The zero-order valence-corrected chi connectivity index (χ0v) is 8.51. The molecule has 0 amide bonds. The third-order valence-electron chi connectivity index (χ3n) is 2.78. The quantitative estimate of drug-likeness (QED) is 0.697. The lowest BCUT2D eigenvalue weighted by molar-refractivity contribution is -0.0131. The monoisotopic (exact) mass is 171 g/mol. The zero-order valence-electron chi connectivity index (χ0n) is 8.51. The van der Waals surface area contributed by atoms with E-state index in [2.05, 4.69) is 11.8 Å². The maximum absolute atomic E-state index is 9.90. The fourth-order valence-corrected chi connectivity index (χ4v) is 2.26. The summed E-state index contributed by atoms with van der Waals surface area (Å²) in [7, 11) is 0. The Bertz CT molecular complexity index is 133. The number of rotatable bonds is 3. The lowest BCUT2D eigenvalue weighted by Gasteiger charge is -2.36. The van der Waals surface area contributed by atoms with Crippen molar-refractivity contribution in [2.45, 2.75) is 51.7 Å². The maximum atomic E-state index is 9.90. The molecule has 0 aromatic heterocycles. The molecule has 1 fully saturated rings. The minimum Gasteiger partial charge on any atom is -0.389 e. The normalized spacial score (nSPS) is 23.0. The number of aliphatic hydroxyl groups is 1. The Labute approximate surface area is 75.6 Å². The first-order chi connectivity index (χ1) is 5.55. The van der Waals surface area contributed by atoms with Crippen LogP contribution in [-0.4, -0.2) is 34.7 Å². The van der Waals surface area contributed by atoms with Gasteiger partial charge in [-0.05, 0) is 46.2 Å². The van der Waals surface area contributed by atoms with Crippen molar-refractivity contribution in [1.29, 1.82) is 0 Å². The minimum atomic E-state index is -0.543. The van der Waals surface area contributed by atoms with Crippen molar-refractivity contribution < 1.29 is 5.11 Å². The van der Waals surface area contributed by atoms with Crippen LogP contribution < -0.4 is 0 Å². The summed E-state index contributed by atoms with van der Waals surface area (Å²) >= 11 is 0. The molecule has 1 N–H and O–H groups in total. The summed E-state index contributed by atoms with van der Waals surface area (Å²) in [4.78, 5) is 2.42. The summed E-state index contributed by atoms with van der Waals surface area (Å²) in [6, 6.07) is 0.347. The van der Waals surface area contributed by atoms with Gasteiger partial charge >= 0.3 is 0 Å². The van der Waals surface area contributed by atoms with Gasteiger partial charge in [0.05, 0.1) is 5.60 Å². The van der Waals surface area contributed by atoms with E-state index in [0.717, 1.165) is 6.42 Å². The molecule has 0 aliphatic carbocycles. The number of hydrogen-bond donors (Lipinski definition) is 1. The van der Waals surface area contributed by atoms with Gasteiger partial charge in [-0.3, -0.25) is 4.90 Å². The molecule has 0 bridgehead atoms. The van der Waals surface area contributed by atoms with E-state index < -0.39 is 5.60 Å². The van der Waals surface area contributed by atoms with Crippen molar-refractivity contribution in [1.82, 2.24) is 4.90 Å². The van der Waals surface area contributed by atoms with Gasteiger partial charge in [0.2, 0.25) is 0 Å². The summed E-state index contributed by atoms with van der Waals surface area (Å²) in [6.07, 6.45) is 3.64. The van der Waals surface area contributed by atoms with Crippen molar-refractivity contribution in [3.63, 3.8) is 0 Å². The van der Waals surface area contributed by atoms with E-state index in [-0.39, 0.29) is 0 Å². The first-order valence-electron chi connectivity index (χ1n) is 5.02. The Morgan fingerprint density at radius 3 is 2.17 bits per heavy atom. The zero-order chi connectivity index (χ0) is 9.19. The molecule has 2 nitrogen and oxygen atoms in total. The maximum Gasteiger partial charge on any atom is 0.0746 e. The highest BCUT2D eigenvalue weighted by Crippen LogP contribution is 2.22. The SMILES string of the molecule is CCC(N1CCCC1)C(C)(C)O. The van der Waals surface area contributed by atoms with Crippen LogP contribution in [-0.2, 0) is 0 Å². The van der Waals surface area contributed by atoms with Gasteiger partial charge in [0.15, 0.2) is 0 Å². The Kier molecular flexibility index (Phi) is 3.13. The van der Waals surface area contributed by atoms with Crippen LogP contribution in [0.25, 0.3) is 0 Å². The molecule has 0 radical (unpaired) electrons. The second-order valence-corrected chi connectivity index (χ2v) is 4.32. The van der Waals surface area contributed by atoms with Gasteiger partial charge in [-0.25, -0.2) is 0 Å². The molecule has 2 heteroatoms. The molecule has 1 atom stereocenters. The van der Waals surface area contributed by atoms with Gasteiger partial charge in [0, 0.05) is 6.04 Å². The second kappa shape index (κ2) is 3.75. The van der Waals surface area contributed by atoms with Crippen molar-refractivity contribution >= 4 is 0 Å². The van der Waals surface area contributed by atoms with Crippen LogP contribution in [0.15, 0.2) is 0 Å². The summed E-state index contributed by atoms with van der Waals surface area (Å²) in [6.45, 7) is 8.32. The highest BCUT2D eigenvalue weighted by molar-refractivity contribution is 4.87. The van der Waals surface area contributed by atoms with E-state index in [1.165, 1.54) is 25.9 Å². The topological polar surface area (TPSA) is 23.5 Å². The van der Waals surface area contributed by atoms with Gasteiger partial charge in [-0.15, -0.1) is 0 Å². The van der Waals surface area contributed by atoms with Gasteiger partial charge in [0.1, 0.15) is 0 Å². The Balaban J connectivity index is 2.54. The summed E-state index contributed by atoms with van der Waals surface area (Å²) < 4.78 is 0. The molecule has 1 aliphatic rings. The molecule has 0 saturated carbocycles. The predicted octanol–water partition coefficient (Wildman–Crippen LogP) is 1.63. The highest BCUT2D eigenvalue weighted by atomic mass is 16.3. The smallest absolute Gasteiger partial charge is 0.0746 e. The molecule has 1 unspecified atom stereocenters. The first kappa shape index (κ1) is 10.0. The third-order valence-corrected chi connectivity index (χ3v) is 2.78. The van der Waals surface area contributed by atoms with E-state index >= 15 is 0 Å². The molecule has 72 valence electrons. The standard InChI is InChI=1S/C10H21NO/c1-4-9(10(2,3)12)11-7-5-6-8-11/h9,12H,4-8H2,1-3H3. The lowest BCUT2D eigenvalue weighted by Crippen LogP contribution is -2.47. The summed E-state index contributed by atoms with van der Waals surface area (Å²) in [5.41, 5.74) is -0.543. The molecule has 12 heavy (non-hydrogen) atoms. The molecular weight excluding hydrogens is 150 g/mol. The molecule has 1 saturated heterocycles. The molecule has 0 aromatic carbocycles. The molecule has 1 rings (SSSR count). The average Bonchev–Trinajstić information content (AvgIpc) is 2.38. The van der Waals surface area contributed by atoms with Crippen LogP contribution in [0.4, 0.5) is 0 Å². The van der Waals surface area contributed by atoms with Crippen LogP contribution in [0.2, 0.25) is 0 Å². The van der Waals surface area contributed by atoms with Crippen LogP contribution in [0.1, 0.15) is 40.0 Å². The van der Waals surface area contributed by atoms with Crippen LogP contribution in [0.3, 0.4) is 0 Å². The van der Waals surface area contributed by atoms with Crippen LogP contribution >= 0.6 is 0 Å². The van der Waals surface area contributed by atoms with E-state index in [4.69, 9.17) is 0 Å². The van der Waals surface area contributed by atoms with Gasteiger partial charge < -0.3 is 5.11 Å². The number of nitrogens with zero attached hydrogens (tertiary/aromatic N) is 1. The Hall–Kier alpha value is -0.0800. The van der Waals surface area contributed by atoms with Crippen molar-refractivity contribution in [3.8, 4) is 0 Å². The van der Waals surface area contributed by atoms with E-state index in [1.807, 2.05) is 13.8 Å². The third kappa shape index (κ3) is 2.20. The van der Waals surface area contributed by atoms with Gasteiger partial charge in [-0.2, -0.15) is 0 Å². The fraction of sp³-hybridized carbons (Fsp3) is 1.00. The van der Waals surface area contributed by atoms with Crippen molar-refractivity contribution in [3.05, 3.63) is 0 Å². The highest BCUT2D eigenvalue weighted by Gasteiger charge is 2.31. The number of hydrogen-bond acceptors (Lipinski definition) is 2. The van der Waals surface area contributed by atoms with Crippen molar-refractivity contribution in [2.24, 2.45) is 0 Å². The first-order valence-corrected chi connectivity index (χ1v) is 5.02. The van der Waals surface area contributed by atoms with E-state index in [0.29, 0.717) is 6.04 Å². The van der Waals surface area contributed by atoms with Crippen molar-refractivity contribution in [2.75, 3.05) is 13.1 Å². The lowest BCUT2D eigenvalue weighted by atomic mass is 9.95. The van der Waals surface area contributed by atoms with Crippen LogP contribution in [0.5, 0.6) is 0 Å². The largest absolute Gasteiger partial charge is 0.389 e. The predicted molar refractivity (Wildman–Crippen MR) is 51.2 cm³/mol. The molecule has 1 aliphatic heterocycles. The van der Waals surface area contributed by atoms with Gasteiger partial charge in [-0.1, -0.05) is 6.92 Å². The average molecular weight is 171 g/mol. The van der Waals surface area contributed by atoms with E-state index in [1.54, 1.807) is 0 Å². The van der Waals surface area contributed by atoms with E-state index in [9.17, 15) is 5.11 Å². The Morgan fingerprint density at radius 2 is 1.83 bits per heavy atom. The number of likely N-dealkylation sites (tertiary alicyclic amines) is 1. The van der Waals surface area contributed by atoms with Crippen LogP contribution in [0, 0.1) is 0 Å². The molecule has 0 aromatic rings. The summed E-state index contributed by atoms with van der Waals surface area (Å²) in [5, 5.41) is 9.90. The minimum absolute atomic E-state index is 0.347. The molecule has 0 spiro atoms. The Morgan fingerprint density at radius 1 is 1.33 bits per heavy atom. The molecular formula is C10H21NO. The fourth-order valence-electron chi connectivity index (χ4n) is 2.26. The molecule has 1 heterocycles. The summed E-state index contributed by atoms with van der Waals surface area (Å²) in [5.74, 6) is 0.